The average molecular weight is 199 g/mol. The molecule has 0 saturated heterocycles. The van der Waals surface area contributed by atoms with Gasteiger partial charge in [0.25, 0.3) is 0 Å². The molecule has 0 fully saturated rings. The standard InChI is InChI=1S/C10H15ClN2/c1-6(2)10(12)9-5-8(11)4-7(3)13-9/h4-6,10H,12H2,1-3H3/t10-/m0/s1. The molecule has 0 amide bonds. The highest BCUT2D eigenvalue weighted by molar-refractivity contribution is 6.30. The summed E-state index contributed by atoms with van der Waals surface area (Å²) in [4.78, 5) is 4.35. The molecule has 2 nitrogen and oxygen atoms in total. The molecular formula is C10H15ClN2. The predicted molar refractivity (Wildman–Crippen MR) is 55.8 cm³/mol. The third kappa shape index (κ3) is 2.68. The van der Waals surface area contributed by atoms with E-state index in [4.69, 9.17) is 17.3 Å². The molecule has 0 aromatic carbocycles. The number of pyridine rings is 1. The van der Waals surface area contributed by atoms with E-state index < -0.39 is 0 Å². The van der Waals surface area contributed by atoms with Crippen LogP contribution in [0.3, 0.4) is 0 Å². The quantitative estimate of drug-likeness (QED) is 0.794. The maximum Gasteiger partial charge on any atom is 0.0591 e. The van der Waals surface area contributed by atoms with Crippen LogP contribution in [0.5, 0.6) is 0 Å². The molecule has 1 atom stereocenters. The Morgan fingerprint density at radius 3 is 2.46 bits per heavy atom. The zero-order valence-corrected chi connectivity index (χ0v) is 8.97. The number of hydrogen-bond acceptors (Lipinski definition) is 2. The molecule has 0 bridgehead atoms. The second-order valence-corrected chi connectivity index (χ2v) is 4.06. The maximum absolute atomic E-state index is 5.95. The lowest BCUT2D eigenvalue weighted by Crippen LogP contribution is -2.18. The normalized spacial score (nSPS) is 13.4. The first-order valence-corrected chi connectivity index (χ1v) is 4.78. The molecule has 1 aromatic rings. The second kappa shape index (κ2) is 4.07. The van der Waals surface area contributed by atoms with Crippen LogP contribution in [0.1, 0.15) is 31.3 Å². The molecule has 0 aliphatic carbocycles. The summed E-state index contributed by atoms with van der Waals surface area (Å²) in [5.74, 6) is 0.380. The van der Waals surface area contributed by atoms with Crippen molar-refractivity contribution in [3.8, 4) is 0 Å². The summed E-state index contributed by atoms with van der Waals surface area (Å²) in [5.41, 5.74) is 7.74. The van der Waals surface area contributed by atoms with Gasteiger partial charge in [0.15, 0.2) is 0 Å². The van der Waals surface area contributed by atoms with E-state index >= 15 is 0 Å². The van der Waals surface area contributed by atoms with Crippen LogP contribution in [0.4, 0.5) is 0 Å². The predicted octanol–water partition coefficient (Wildman–Crippen LogP) is 2.70. The van der Waals surface area contributed by atoms with Gasteiger partial charge in [-0.3, -0.25) is 4.98 Å². The van der Waals surface area contributed by atoms with E-state index in [9.17, 15) is 0 Å². The molecule has 0 spiro atoms. The molecule has 0 aliphatic heterocycles. The van der Waals surface area contributed by atoms with Gasteiger partial charge in [-0.15, -0.1) is 0 Å². The lowest BCUT2D eigenvalue weighted by atomic mass is 10.0. The number of hydrogen-bond donors (Lipinski definition) is 1. The summed E-state index contributed by atoms with van der Waals surface area (Å²) in [6.07, 6.45) is 0. The summed E-state index contributed by atoms with van der Waals surface area (Å²) in [7, 11) is 0. The number of aryl methyl sites for hydroxylation is 1. The van der Waals surface area contributed by atoms with Crippen molar-refractivity contribution >= 4 is 11.6 Å². The Morgan fingerprint density at radius 1 is 1.38 bits per heavy atom. The number of nitrogens with two attached hydrogens (primary N) is 1. The van der Waals surface area contributed by atoms with E-state index in [1.165, 1.54) is 0 Å². The van der Waals surface area contributed by atoms with Gasteiger partial charge >= 0.3 is 0 Å². The molecule has 0 radical (unpaired) electrons. The summed E-state index contributed by atoms with van der Waals surface area (Å²) < 4.78 is 0. The van der Waals surface area contributed by atoms with Crippen LogP contribution in [0.25, 0.3) is 0 Å². The fourth-order valence-corrected chi connectivity index (χ4v) is 1.43. The monoisotopic (exact) mass is 198 g/mol. The van der Waals surface area contributed by atoms with Crippen molar-refractivity contribution in [1.29, 1.82) is 0 Å². The second-order valence-electron chi connectivity index (χ2n) is 3.62. The van der Waals surface area contributed by atoms with Crippen molar-refractivity contribution in [3.05, 3.63) is 28.5 Å². The van der Waals surface area contributed by atoms with Crippen molar-refractivity contribution in [2.24, 2.45) is 11.7 Å². The van der Waals surface area contributed by atoms with Crippen molar-refractivity contribution in [2.45, 2.75) is 26.8 Å². The fraction of sp³-hybridized carbons (Fsp3) is 0.500. The SMILES string of the molecule is Cc1cc(Cl)cc([C@@H](N)C(C)C)n1. The Balaban J connectivity index is 3.01. The summed E-state index contributed by atoms with van der Waals surface area (Å²) >= 11 is 5.90. The van der Waals surface area contributed by atoms with Gasteiger partial charge in [0.05, 0.1) is 5.69 Å². The van der Waals surface area contributed by atoms with Gasteiger partial charge in [0.2, 0.25) is 0 Å². The van der Waals surface area contributed by atoms with Crippen molar-refractivity contribution < 1.29 is 0 Å². The van der Waals surface area contributed by atoms with Crippen molar-refractivity contribution in [3.63, 3.8) is 0 Å². The minimum Gasteiger partial charge on any atom is -0.322 e. The number of aromatic nitrogens is 1. The number of halogens is 1. The zero-order chi connectivity index (χ0) is 10.0. The van der Waals surface area contributed by atoms with E-state index in [-0.39, 0.29) is 6.04 Å². The van der Waals surface area contributed by atoms with Gasteiger partial charge in [0.1, 0.15) is 0 Å². The van der Waals surface area contributed by atoms with E-state index in [2.05, 4.69) is 18.8 Å². The lowest BCUT2D eigenvalue weighted by molar-refractivity contribution is 0.502. The number of nitrogens with zero attached hydrogens (tertiary/aromatic N) is 1. The van der Waals surface area contributed by atoms with Gasteiger partial charge in [-0.2, -0.15) is 0 Å². The van der Waals surface area contributed by atoms with Crippen LogP contribution < -0.4 is 5.73 Å². The average Bonchev–Trinajstić information content (AvgIpc) is 2.01. The van der Waals surface area contributed by atoms with Crippen molar-refractivity contribution in [1.82, 2.24) is 4.98 Å². The molecule has 1 aromatic heterocycles. The van der Waals surface area contributed by atoms with Crippen LogP contribution in [0.2, 0.25) is 5.02 Å². The largest absolute Gasteiger partial charge is 0.322 e. The Kier molecular flexibility index (Phi) is 3.28. The molecule has 3 heteroatoms. The van der Waals surface area contributed by atoms with E-state index in [1.54, 1.807) is 0 Å². The van der Waals surface area contributed by atoms with Crippen LogP contribution in [0, 0.1) is 12.8 Å². The highest BCUT2D eigenvalue weighted by Gasteiger charge is 2.12. The first kappa shape index (κ1) is 10.5. The van der Waals surface area contributed by atoms with Gasteiger partial charge in [-0.1, -0.05) is 25.4 Å². The van der Waals surface area contributed by atoms with Gasteiger partial charge in [-0.25, -0.2) is 0 Å². The minimum absolute atomic E-state index is 0.0302. The van der Waals surface area contributed by atoms with Crippen LogP contribution >= 0.6 is 11.6 Å². The number of rotatable bonds is 2. The highest BCUT2D eigenvalue weighted by Crippen LogP contribution is 2.20. The third-order valence-corrected chi connectivity index (χ3v) is 2.22. The van der Waals surface area contributed by atoms with E-state index in [0.717, 1.165) is 11.4 Å². The van der Waals surface area contributed by atoms with E-state index in [0.29, 0.717) is 10.9 Å². The smallest absolute Gasteiger partial charge is 0.0591 e. The molecule has 72 valence electrons. The molecule has 2 N–H and O–H groups in total. The van der Waals surface area contributed by atoms with Crippen LogP contribution in [0.15, 0.2) is 12.1 Å². The van der Waals surface area contributed by atoms with Gasteiger partial charge in [-0.05, 0) is 25.0 Å². The molecule has 0 unspecified atom stereocenters. The highest BCUT2D eigenvalue weighted by atomic mass is 35.5. The maximum atomic E-state index is 5.95. The molecule has 0 saturated carbocycles. The Bertz CT molecular complexity index is 277. The fourth-order valence-electron chi connectivity index (χ4n) is 1.16. The molecule has 1 heterocycles. The summed E-state index contributed by atoms with van der Waals surface area (Å²) in [6.45, 7) is 6.06. The van der Waals surface area contributed by atoms with E-state index in [1.807, 2.05) is 19.1 Å². The third-order valence-electron chi connectivity index (χ3n) is 2.00. The topological polar surface area (TPSA) is 38.9 Å². The first-order chi connectivity index (χ1) is 6.00. The molecular weight excluding hydrogens is 184 g/mol. The van der Waals surface area contributed by atoms with Crippen LogP contribution in [-0.2, 0) is 0 Å². The van der Waals surface area contributed by atoms with Crippen LogP contribution in [-0.4, -0.2) is 4.98 Å². The minimum atomic E-state index is -0.0302. The van der Waals surface area contributed by atoms with Crippen molar-refractivity contribution in [2.75, 3.05) is 0 Å². The Hall–Kier alpha value is -0.600. The molecule has 13 heavy (non-hydrogen) atoms. The Morgan fingerprint density at radius 2 is 2.00 bits per heavy atom. The van der Waals surface area contributed by atoms with Gasteiger partial charge < -0.3 is 5.73 Å². The summed E-state index contributed by atoms with van der Waals surface area (Å²) in [5, 5.41) is 0.707. The first-order valence-electron chi connectivity index (χ1n) is 4.40. The van der Waals surface area contributed by atoms with Gasteiger partial charge in [0, 0.05) is 16.8 Å². The zero-order valence-electron chi connectivity index (χ0n) is 8.21. The Labute approximate surface area is 84.1 Å². The molecule has 1 rings (SSSR count). The summed E-state index contributed by atoms with van der Waals surface area (Å²) in [6, 6.07) is 3.63. The lowest BCUT2D eigenvalue weighted by Gasteiger charge is -2.15. The molecule has 0 aliphatic rings.